The Morgan fingerprint density at radius 3 is 1.04 bits per heavy atom. The average Bonchev–Trinajstić information content (AvgIpc) is 3.41. The molecule has 2 atom stereocenters. The van der Waals surface area contributed by atoms with Gasteiger partial charge in [0.2, 0.25) is 0 Å². The van der Waals surface area contributed by atoms with Crippen molar-refractivity contribution in [3.05, 3.63) is 109 Å². The number of esters is 2. The Balaban J connectivity index is 4.04. The minimum atomic E-state index is -4.40. The summed E-state index contributed by atoms with van der Waals surface area (Å²) in [5, 5.41) is 0. The molecule has 1 N–H and O–H groups in total. The van der Waals surface area contributed by atoms with E-state index in [9.17, 15) is 19.0 Å². The second-order valence-corrected chi connectivity index (χ2v) is 23.5. The number of likely N-dealkylation sites (N-methyl/N-ethyl adjacent to an activating group) is 1. The quantitative estimate of drug-likeness (QED) is 0.0211. The zero-order chi connectivity index (χ0) is 57.0. The lowest BCUT2D eigenvalue weighted by molar-refractivity contribution is -0.870. The van der Waals surface area contributed by atoms with Crippen LogP contribution in [0.3, 0.4) is 0 Å². The number of ether oxygens (including phenoxy) is 2. The van der Waals surface area contributed by atoms with Crippen molar-refractivity contribution in [3.8, 4) is 0 Å². The van der Waals surface area contributed by atoms with Gasteiger partial charge in [-0.3, -0.25) is 18.6 Å². The molecule has 0 radical (unpaired) electrons. The van der Waals surface area contributed by atoms with Crippen molar-refractivity contribution in [2.75, 3.05) is 47.5 Å². The van der Waals surface area contributed by atoms with Gasteiger partial charge < -0.3 is 18.9 Å². The van der Waals surface area contributed by atoms with E-state index in [-0.39, 0.29) is 32.0 Å². The van der Waals surface area contributed by atoms with Crippen molar-refractivity contribution in [1.29, 1.82) is 0 Å². The van der Waals surface area contributed by atoms with E-state index in [0.717, 1.165) is 96.3 Å². The van der Waals surface area contributed by atoms with Crippen LogP contribution in [0.15, 0.2) is 109 Å². The van der Waals surface area contributed by atoms with E-state index in [1.165, 1.54) is 128 Å². The van der Waals surface area contributed by atoms with Crippen molar-refractivity contribution in [2.24, 2.45) is 0 Å². The molecule has 0 aromatic heterocycles. The smallest absolute Gasteiger partial charge is 0.462 e. The monoisotopic (exact) mass is 1110 g/mol. The van der Waals surface area contributed by atoms with Crippen LogP contribution in [0.2, 0.25) is 0 Å². The summed E-state index contributed by atoms with van der Waals surface area (Å²) in [6, 6.07) is 0. The van der Waals surface area contributed by atoms with Crippen molar-refractivity contribution >= 4 is 19.8 Å². The van der Waals surface area contributed by atoms with E-state index in [1.807, 2.05) is 21.1 Å². The molecule has 0 spiro atoms. The van der Waals surface area contributed by atoms with Gasteiger partial charge in [-0.25, -0.2) is 4.57 Å². The Labute approximate surface area is 480 Å². The fourth-order valence-electron chi connectivity index (χ4n) is 8.51. The summed E-state index contributed by atoms with van der Waals surface area (Å²) < 4.78 is 34.6. The summed E-state index contributed by atoms with van der Waals surface area (Å²) in [6.45, 7) is 4.18. The summed E-state index contributed by atoms with van der Waals surface area (Å²) in [4.78, 5) is 35.7. The number of allylic oxidation sites excluding steroid dienone is 18. The van der Waals surface area contributed by atoms with E-state index in [1.54, 1.807) is 0 Å². The molecule has 2 unspecified atom stereocenters. The number of hydrogen-bond donors (Lipinski definition) is 1. The Morgan fingerprint density at radius 2 is 0.692 bits per heavy atom. The number of carbonyl (C=O) groups is 2. The van der Waals surface area contributed by atoms with Crippen LogP contribution < -0.4 is 0 Å². The van der Waals surface area contributed by atoms with Crippen LogP contribution >= 0.6 is 7.82 Å². The molecule has 0 aromatic carbocycles. The van der Waals surface area contributed by atoms with Gasteiger partial charge >= 0.3 is 19.8 Å². The fraction of sp³-hybridized carbons (Fsp3) is 0.706. The molecule has 0 saturated heterocycles. The lowest BCUT2D eigenvalue weighted by Gasteiger charge is -2.24. The molecule has 10 heteroatoms. The van der Waals surface area contributed by atoms with Crippen LogP contribution in [0.4, 0.5) is 0 Å². The van der Waals surface area contributed by atoms with E-state index >= 15 is 0 Å². The number of unbranched alkanes of at least 4 members (excludes halogenated alkanes) is 25. The highest BCUT2D eigenvalue weighted by atomic mass is 31.2. The zero-order valence-corrected chi connectivity index (χ0v) is 51.8. The van der Waals surface area contributed by atoms with E-state index in [0.29, 0.717) is 17.4 Å². The molecule has 0 bridgehead atoms. The van der Waals surface area contributed by atoms with E-state index < -0.39 is 26.5 Å². The van der Waals surface area contributed by atoms with Crippen LogP contribution in [0.1, 0.15) is 258 Å². The summed E-state index contributed by atoms with van der Waals surface area (Å²) in [5.41, 5.74) is 0. The highest BCUT2D eigenvalue weighted by Crippen LogP contribution is 2.43. The summed E-state index contributed by atoms with van der Waals surface area (Å²) in [5.74, 6) is -0.833. The van der Waals surface area contributed by atoms with Gasteiger partial charge in [0.25, 0.3) is 0 Å². The first kappa shape index (κ1) is 74.7. The van der Waals surface area contributed by atoms with Crippen LogP contribution in [0.5, 0.6) is 0 Å². The fourth-order valence-corrected chi connectivity index (χ4v) is 9.25. The molecule has 9 nitrogen and oxygen atoms in total. The third-order valence-corrected chi connectivity index (χ3v) is 14.3. The van der Waals surface area contributed by atoms with Gasteiger partial charge in [-0.1, -0.05) is 258 Å². The van der Waals surface area contributed by atoms with Gasteiger partial charge in [-0.05, 0) is 96.3 Å². The third kappa shape index (κ3) is 61.9. The van der Waals surface area contributed by atoms with Crippen molar-refractivity contribution < 1.29 is 42.1 Å². The molecule has 0 aliphatic heterocycles. The van der Waals surface area contributed by atoms with Crippen molar-refractivity contribution in [2.45, 2.75) is 264 Å². The first-order valence-electron chi connectivity index (χ1n) is 31.6. The third-order valence-electron chi connectivity index (χ3n) is 13.3. The molecule has 0 fully saturated rings. The predicted molar refractivity (Wildman–Crippen MR) is 335 cm³/mol. The van der Waals surface area contributed by atoms with Gasteiger partial charge in [-0.2, -0.15) is 0 Å². The molecular weight excluding hydrogens is 990 g/mol. The maximum atomic E-state index is 12.8. The summed E-state index contributed by atoms with van der Waals surface area (Å²) >= 11 is 0. The normalized spacial score (nSPS) is 14.0. The second-order valence-electron chi connectivity index (χ2n) is 22.0. The molecule has 0 heterocycles. The Hall–Kier alpha value is -3.33. The van der Waals surface area contributed by atoms with Crippen LogP contribution in [0.25, 0.3) is 0 Å². The maximum Gasteiger partial charge on any atom is 0.472 e. The number of phosphoric ester groups is 1. The van der Waals surface area contributed by atoms with Crippen LogP contribution in [0, 0.1) is 0 Å². The topological polar surface area (TPSA) is 108 Å². The highest BCUT2D eigenvalue weighted by molar-refractivity contribution is 7.47. The molecule has 0 aliphatic carbocycles. The lowest BCUT2D eigenvalue weighted by Crippen LogP contribution is -2.37. The second kappa shape index (κ2) is 58.3. The number of carbonyl (C=O) groups excluding carboxylic acids is 2. The van der Waals surface area contributed by atoms with Gasteiger partial charge in [0.05, 0.1) is 27.7 Å². The molecular formula is C68H119NO8P+. The number of quaternary nitrogens is 1. The average molecular weight is 1110 g/mol. The minimum absolute atomic E-state index is 0.0212. The number of nitrogens with zero attached hydrogens (tertiary/aromatic N) is 1. The van der Waals surface area contributed by atoms with Crippen LogP contribution in [-0.2, 0) is 32.7 Å². The number of hydrogen-bond acceptors (Lipinski definition) is 7. The summed E-state index contributed by atoms with van der Waals surface area (Å²) in [6.07, 6.45) is 81.9. The molecule has 0 rings (SSSR count). The van der Waals surface area contributed by atoms with Gasteiger partial charge in [0, 0.05) is 12.8 Å². The molecule has 0 aliphatic rings. The van der Waals surface area contributed by atoms with E-state index in [2.05, 4.69) is 123 Å². The molecule has 78 heavy (non-hydrogen) atoms. The molecule has 448 valence electrons. The molecule has 0 amide bonds. The maximum absolute atomic E-state index is 12.8. The van der Waals surface area contributed by atoms with Gasteiger partial charge in [0.15, 0.2) is 6.10 Å². The van der Waals surface area contributed by atoms with Gasteiger partial charge in [0.1, 0.15) is 19.8 Å². The highest BCUT2D eigenvalue weighted by Gasteiger charge is 2.27. The van der Waals surface area contributed by atoms with Crippen LogP contribution in [-0.4, -0.2) is 74.9 Å². The lowest BCUT2D eigenvalue weighted by atomic mass is 10.0. The molecule has 0 aromatic rings. The predicted octanol–water partition coefficient (Wildman–Crippen LogP) is 20.2. The Morgan fingerprint density at radius 1 is 0.397 bits per heavy atom. The zero-order valence-electron chi connectivity index (χ0n) is 50.9. The first-order valence-corrected chi connectivity index (χ1v) is 33.1. The van der Waals surface area contributed by atoms with E-state index in [4.69, 9.17) is 18.5 Å². The van der Waals surface area contributed by atoms with Crippen molar-refractivity contribution in [3.63, 3.8) is 0 Å². The minimum Gasteiger partial charge on any atom is -0.462 e. The molecule has 0 saturated carbocycles. The Bertz CT molecular complexity index is 1680. The first-order chi connectivity index (χ1) is 38.0. The standard InChI is InChI=1S/C68H118NO8P/c1-6-8-10-12-14-16-18-20-22-24-26-27-28-29-30-31-32-33-34-35-36-37-38-39-40-41-43-44-46-48-50-52-54-56-58-60-67(70)74-64-66(65-76-78(72,73)75-63-62-69(3,4)5)77-68(71)61-59-57-55-53-51-49-47-45-42-25-23-21-19-17-15-13-11-9-7-2/h8-11,14-17,20-23,26-27,42,45,49,51,66H,6-7,12-13,18-19,24-25,28-41,43-44,46-48,50,52-65H2,1-5H3/p+1/b10-8-,11-9-,16-14-,17-15-,22-20-,23-21-,27-26-,45-42-,51-49-. The largest absolute Gasteiger partial charge is 0.472 e. The SMILES string of the molecule is CC/C=C\C/C=C\C/C=C\C/C=C\C/C=C\CCCCCC(=O)OC(COC(=O)CCCCCCCCCCCCCCCCCCCCCCCC/C=C\C/C=C\C/C=C\C/C=C\CC)COP(=O)(O)OCC[N+](C)(C)C. The summed E-state index contributed by atoms with van der Waals surface area (Å²) in [7, 11) is 1.45. The van der Waals surface area contributed by atoms with Crippen molar-refractivity contribution in [1.82, 2.24) is 0 Å². The number of rotatable bonds is 57. The van der Waals surface area contributed by atoms with Gasteiger partial charge in [-0.15, -0.1) is 0 Å². The Kier molecular flexibility index (Phi) is 55.8. The number of phosphoric acid groups is 1.